The van der Waals surface area contributed by atoms with Gasteiger partial charge in [0.05, 0.1) is 31.6 Å². The molecule has 4 aromatic rings. The van der Waals surface area contributed by atoms with Crippen molar-refractivity contribution in [2.75, 3.05) is 19.5 Å². The van der Waals surface area contributed by atoms with Crippen LogP contribution in [0.3, 0.4) is 0 Å². The molecule has 0 radical (unpaired) electrons. The van der Waals surface area contributed by atoms with Crippen LogP contribution in [0.5, 0.6) is 11.5 Å². The van der Waals surface area contributed by atoms with E-state index in [-0.39, 0.29) is 6.04 Å². The number of H-pyrrole nitrogens is 1. The van der Waals surface area contributed by atoms with Crippen molar-refractivity contribution in [1.82, 2.24) is 9.97 Å². The first-order chi connectivity index (χ1) is 13.7. The molecule has 0 aliphatic carbocycles. The number of ether oxygens (including phenoxy) is 2. The lowest BCUT2D eigenvalue weighted by molar-refractivity contribution is 0.395. The molecule has 2 aromatic heterocycles. The lowest BCUT2D eigenvalue weighted by Crippen LogP contribution is -2.15. The summed E-state index contributed by atoms with van der Waals surface area (Å²) in [6.07, 6.45) is 1.82. The number of fused-ring (bicyclic) bond motifs is 1. The van der Waals surface area contributed by atoms with E-state index >= 15 is 0 Å². The van der Waals surface area contributed by atoms with Gasteiger partial charge in [-0.25, -0.2) is 0 Å². The van der Waals surface area contributed by atoms with E-state index in [4.69, 9.17) is 9.47 Å². The normalized spacial score (nSPS) is 12.0. The first-order valence-electron chi connectivity index (χ1n) is 9.18. The van der Waals surface area contributed by atoms with Gasteiger partial charge in [0.1, 0.15) is 11.5 Å². The van der Waals surface area contributed by atoms with Gasteiger partial charge in [0.2, 0.25) is 0 Å². The van der Waals surface area contributed by atoms with Crippen LogP contribution in [0.1, 0.15) is 23.0 Å². The molecule has 0 unspecified atom stereocenters. The second-order valence-corrected chi connectivity index (χ2v) is 6.61. The van der Waals surface area contributed by atoms with Crippen molar-refractivity contribution in [2.24, 2.45) is 0 Å². The van der Waals surface area contributed by atoms with Gasteiger partial charge in [0, 0.05) is 34.4 Å². The molecule has 5 heteroatoms. The summed E-state index contributed by atoms with van der Waals surface area (Å²) in [7, 11) is 3.31. The summed E-state index contributed by atoms with van der Waals surface area (Å²) in [6.45, 7) is 2.10. The number of aromatic amines is 1. The van der Waals surface area contributed by atoms with E-state index in [1.54, 1.807) is 14.2 Å². The smallest absolute Gasteiger partial charge is 0.145 e. The molecule has 0 spiro atoms. The number of aromatic nitrogens is 2. The Hall–Kier alpha value is -3.47. The van der Waals surface area contributed by atoms with Gasteiger partial charge in [-0.15, -0.1) is 0 Å². The minimum Gasteiger partial charge on any atom is -0.497 e. The van der Waals surface area contributed by atoms with Crippen molar-refractivity contribution in [3.05, 3.63) is 83.8 Å². The maximum atomic E-state index is 5.59. The van der Waals surface area contributed by atoms with E-state index in [1.165, 1.54) is 10.9 Å². The number of methoxy groups -OCH3 is 2. The van der Waals surface area contributed by atoms with Crippen LogP contribution in [0, 0.1) is 6.92 Å². The summed E-state index contributed by atoms with van der Waals surface area (Å²) >= 11 is 0. The Labute approximate surface area is 164 Å². The molecule has 142 valence electrons. The topological polar surface area (TPSA) is 59.2 Å². The van der Waals surface area contributed by atoms with Gasteiger partial charge in [0.25, 0.3) is 0 Å². The number of aryl methyl sites for hydroxylation is 1. The molecular weight excluding hydrogens is 350 g/mol. The Morgan fingerprint density at radius 3 is 2.54 bits per heavy atom. The fourth-order valence-corrected chi connectivity index (χ4v) is 3.58. The van der Waals surface area contributed by atoms with Crippen LogP contribution >= 0.6 is 0 Å². The van der Waals surface area contributed by atoms with Crippen LogP contribution in [0.4, 0.5) is 5.69 Å². The van der Waals surface area contributed by atoms with E-state index < -0.39 is 0 Å². The highest BCUT2D eigenvalue weighted by atomic mass is 16.5. The molecule has 2 N–H and O–H groups in total. The summed E-state index contributed by atoms with van der Waals surface area (Å²) in [6, 6.07) is 19.9. The highest BCUT2D eigenvalue weighted by Crippen LogP contribution is 2.37. The molecule has 0 aliphatic heterocycles. The van der Waals surface area contributed by atoms with Crippen molar-refractivity contribution in [3.63, 3.8) is 0 Å². The molecule has 0 fully saturated rings. The van der Waals surface area contributed by atoms with E-state index in [0.29, 0.717) is 0 Å². The SMILES string of the molecule is COc1ccc(N[C@H](c2ccccn2)c2c(C)[nH]c3ccccc23)c(OC)c1. The average Bonchev–Trinajstić information content (AvgIpc) is 3.08. The molecule has 5 nitrogen and oxygen atoms in total. The third-order valence-corrected chi connectivity index (χ3v) is 4.92. The molecule has 0 amide bonds. The molecule has 0 bridgehead atoms. The second kappa shape index (κ2) is 7.64. The lowest BCUT2D eigenvalue weighted by Gasteiger charge is -2.22. The van der Waals surface area contributed by atoms with Gasteiger partial charge < -0.3 is 19.8 Å². The maximum Gasteiger partial charge on any atom is 0.145 e. The summed E-state index contributed by atoms with van der Waals surface area (Å²) in [4.78, 5) is 8.12. The molecule has 2 aromatic carbocycles. The van der Waals surface area contributed by atoms with Crippen molar-refractivity contribution in [3.8, 4) is 11.5 Å². The molecule has 2 heterocycles. The zero-order valence-corrected chi connectivity index (χ0v) is 16.2. The Kier molecular flexibility index (Phi) is 4.89. The highest BCUT2D eigenvalue weighted by molar-refractivity contribution is 5.86. The fraction of sp³-hybridized carbons (Fsp3) is 0.174. The summed E-state index contributed by atoms with van der Waals surface area (Å²) in [5.74, 6) is 1.47. The molecule has 4 rings (SSSR count). The Morgan fingerprint density at radius 1 is 0.964 bits per heavy atom. The Morgan fingerprint density at radius 2 is 1.79 bits per heavy atom. The number of hydrogen-bond acceptors (Lipinski definition) is 4. The van der Waals surface area contributed by atoms with Gasteiger partial charge in [-0.1, -0.05) is 24.3 Å². The standard InChI is InChI=1S/C23H23N3O2/c1-15-22(17-8-4-5-9-18(17)25-15)23(20-10-6-7-13-24-20)26-19-12-11-16(27-2)14-21(19)28-3/h4-14,23,25-26H,1-3H3/t23-/m1/s1. The van der Waals surface area contributed by atoms with E-state index in [9.17, 15) is 0 Å². The number of nitrogens with zero attached hydrogens (tertiary/aromatic N) is 1. The number of anilines is 1. The largest absolute Gasteiger partial charge is 0.497 e. The van der Waals surface area contributed by atoms with Crippen molar-refractivity contribution >= 4 is 16.6 Å². The van der Waals surface area contributed by atoms with E-state index in [2.05, 4.69) is 40.4 Å². The van der Waals surface area contributed by atoms with Crippen LogP contribution in [-0.2, 0) is 0 Å². The third kappa shape index (κ3) is 3.27. The molecule has 0 saturated heterocycles. The lowest BCUT2D eigenvalue weighted by atomic mass is 9.99. The first-order valence-corrected chi connectivity index (χ1v) is 9.18. The predicted octanol–water partition coefficient (Wildman–Crippen LogP) is 5.09. The van der Waals surface area contributed by atoms with Crippen molar-refractivity contribution in [1.29, 1.82) is 0 Å². The van der Waals surface area contributed by atoms with Gasteiger partial charge in [0.15, 0.2) is 0 Å². The predicted molar refractivity (Wildman–Crippen MR) is 112 cm³/mol. The summed E-state index contributed by atoms with van der Waals surface area (Å²) in [5.41, 5.74) is 5.21. The van der Waals surface area contributed by atoms with Crippen molar-refractivity contribution in [2.45, 2.75) is 13.0 Å². The molecular formula is C23H23N3O2. The molecule has 1 atom stereocenters. The van der Waals surface area contributed by atoms with Gasteiger partial charge >= 0.3 is 0 Å². The zero-order chi connectivity index (χ0) is 19.5. The minimum atomic E-state index is -0.139. The van der Waals surface area contributed by atoms with Gasteiger partial charge in [-0.2, -0.15) is 0 Å². The number of para-hydroxylation sites is 1. The quantitative estimate of drug-likeness (QED) is 0.494. The number of rotatable bonds is 6. The first kappa shape index (κ1) is 17.9. The van der Waals surface area contributed by atoms with E-state index in [0.717, 1.165) is 34.1 Å². The van der Waals surface area contributed by atoms with Gasteiger partial charge in [-0.3, -0.25) is 4.98 Å². The fourth-order valence-electron chi connectivity index (χ4n) is 3.58. The Balaban J connectivity index is 1.85. The van der Waals surface area contributed by atoms with Crippen LogP contribution < -0.4 is 14.8 Å². The highest BCUT2D eigenvalue weighted by Gasteiger charge is 2.23. The Bertz CT molecular complexity index is 1090. The summed E-state index contributed by atoms with van der Waals surface area (Å²) < 4.78 is 10.9. The van der Waals surface area contributed by atoms with Crippen LogP contribution in [0.2, 0.25) is 0 Å². The number of benzene rings is 2. The monoisotopic (exact) mass is 373 g/mol. The second-order valence-electron chi connectivity index (χ2n) is 6.61. The minimum absolute atomic E-state index is 0.139. The summed E-state index contributed by atoms with van der Waals surface area (Å²) in [5, 5.41) is 4.81. The van der Waals surface area contributed by atoms with Gasteiger partial charge in [-0.05, 0) is 37.3 Å². The average molecular weight is 373 g/mol. The zero-order valence-electron chi connectivity index (χ0n) is 16.2. The molecule has 0 saturated carbocycles. The number of nitrogens with one attached hydrogen (secondary N) is 2. The third-order valence-electron chi connectivity index (χ3n) is 4.92. The number of hydrogen-bond donors (Lipinski definition) is 2. The van der Waals surface area contributed by atoms with Crippen LogP contribution in [-0.4, -0.2) is 24.2 Å². The van der Waals surface area contributed by atoms with Crippen LogP contribution in [0.25, 0.3) is 10.9 Å². The van der Waals surface area contributed by atoms with E-state index in [1.807, 2.05) is 48.7 Å². The van der Waals surface area contributed by atoms with Crippen molar-refractivity contribution < 1.29 is 9.47 Å². The molecule has 28 heavy (non-hydrogen) atoms. The maximum absolute atomic E-state index is 5.59. The number of pyridine rings is 1. The van der Waals surface area contributed by atoms with Crippen LogP contribution in [0.15, 0.2) is 66.9 Å². The molecule has 0 aliphatic rings.